The van der Waals surface area contributed by atoms with Gasteiger partial charge in [-0.1, -0.05) is 12.2 Å². The molecule has 0 fully saturated rings. The SMILES string of the molecule is OCC=CCO.[Na]. The van der Waals surface area contributed by atoms with E-state index in [0.717, 1.165) is 0 Å². The predicted molar refractivity (Wildman–Crippen MR) is 29.1 cm³/mol. The third-order valence-electron chi connectivity index (χ3n) is 0.377. The fourth-order valence-electron chi connectivity index (χ4n) is 0.149. The second kappa shape index (κ2) is 9.83. The summed E-state index contributed by atoms with van der Waals surface area (Å²) < 4.78 is 0. The van der Waals surface area contributed by atoms with Crippen molar-refractivity contribution in [2.24, 2.45) is 0 Å². The van der Waals surface area contributed by atoms with Crippen molar-refractivity contribution in [2.75, 3.05) is 13.2 Å². The van der Waals surface area contributed by atoms with Gasteiger partial charge in [0, 0.05) is 29.6 Å². The molecule has 0 aromatic rings. The van der Waals surface area contributed by atoms with Crippen molar-refractivity contribution >= 4 is 29.6 Å². The third kappa shape index (κ3) is 10.8. The Labute approximate surface area is 65.1 Å². The maximum Gasteiger partial charge on any atom is 0.0613 e. The minimum Gasteiger partial charge on any atom is -0.392 e. The molecule has 7 heavy (non-hydrogen) atoms. The smallest absolute Gasteiger partial charge is 0.0613 e. The third-order valence-corrected chi connectivity index (χ3v) is 0.377. The van der Waals surface area contributed by atoms with E-state index in [0.29, 0.717) is 0 Å². The van der Waals surface area contributed by atoms with E-state index in [9.17, 15) is 0 Å². The van der Waals surface area contributed by atoms with E-state index in [1.807, 2.05) is 0 Å². The number of aliphatic hydroxyl groups excluding tert-OH is 2. The number of hydrogen-bond acceptors (Lipinski definition) is 2. The topological polar surface area (TPSA) is 40.5 Å². The van der Waals surface area contributed by atoms with Gasteiger partial charge in [0.25, 0.3) is 0 Å². The molecule has 0 spiro atoms. The molecule has 0 rings (SSSR count). The monoisotopic (exact) mass is 111 g/mol. The summed E-state index contributed by atoms with van der Waals surface area (Å²) in [4.78, 5) is 0. The zero-order valence-corrected chi connectivity index (χ0v) is 6.46. The molecule has 0 aliphatic carbocycles. The van der Waals surface area contributed by atoms with Gasteiger partial charge in [-0.2, -0.15) is 0 Å². The molecule has 0 aromatic heterocycles. The maximum absolute atomic E-state index is 8.00. The van der Waals surface area contributed by atoms with E-state index in [2.05, 4.69) is 0 Å². The molecule has 2 N–H and O–H groups in total. The van der Waals surface area contributed by atoms with Gasteiger partial charge >= 0.3 is 0 Å². The summed E-state index contributed by atoms with van der Waals surface area (Å²) >= 11 is 0. The van der Waals surface area contributed by atoms with Crippen LogP contribution in [0, 0.1) is 0 Å². The second-order valence-electron chi connectivity index (χ2n) is 0.837. The van der Waals surface area contributed by atoms with E-state index >= 15 is 0 Å². The van der Waals surface area contributed by atoms with Crippen LogP contribution in [0.1, 0.15) is 0 Å². The van der Waals surface area contributed by atoms with E-state index < -0.39 is 0 Å². The summed E-state index contributed by atoms with van der Waals surface area (Å²) in [5, 5.41) is 16.0. The van der Waals surface area contributed by atoms with Crippen molar-refractivity contribution < 1.29 is 10.2 Å². The molecule has 0 atom stereocenters. The Morgan fingerprint density at radius 1 is 1.00 bits per heavy atom. The Balaban J connectivity index is 0. The summed E-state index contributed by atoms with van der Waals surface area (Å²) in [7, 11) is 0. The summed E-state index contributed by atoms with van der Waals surface area (Å²) in [5.74, 6) is 0. The van der Waals surface area contributed by atoms with Crippen molar-refractivity contribution in [3.63, 3.8) is 0 Å². The molecule has 37 valence electrons. The van der Waals surface area contributed by atoms with Crippen LogP contribution < -0.4 is 0 Å². The second-order valence-corrected chi connectivity index (χ2v) is 0.837. The molecule has 0 aliphatic heterocycles. The molecule has 1 radical (unpaired) electrons. The molecule has 0 bridgehead atoms. The molecule has 0 heterocycles. The normalized spacial score (nSPS) is 8.86. The Morgan fingerprint density at radius 2 is 1.29 bits per heavy atom. The molecule has 0 saturated heterocycles. The fraction of sp³-hybridized carbons (Fsp3) is 0.500. The first-order valence-corrected chi connectivity index (χ1v) is 1.78. The van der Waals surface area contributed by atoms with Gasteiger partial charge in [0.2, 0.25) is 0 Å². The van der Waals surface area contributed by atoms with E-state index in [4.69, 9.17) is 10.2 Å². The standard InChI is InChI=1S/C4H8O2.Na/c5-3-1-2-4-6;/h1-2,5-6H,3-4H2;. The Hall–Kier alpha value is 0.660. The quantitative estimate of drug-likeness (QED) is 0.360. The van der Waals surface area contributed by atoms with Crippen LogP contribution in [0.15, 0.2) is 12.2 Å². The summed E-state index contributed by atoms with van der Waals surface area (Å²) in [6.07, 6.45) is 2.97. The summed E-state index contributed by atoms with van der Waals surface area (Å²) in [5.41, 5.74) is 0. The molecule has 0 amide bonds. The van der Waals surface area contributed by atoms with Gasteiger partial charge in [0.1, 0.15) is 0 Å². The van der Waals surface area contributed by atoms with Gasteiger partial charge in [0.05, 0.1) is 13.2 Å². The van der Waals surface area contributed by atoms with Crippen LogP contribution in [0.25, 0.3) is 0 Å². The first-order chi connectivity index (χ1) is 2.91. The first-order valence-electron chi connectivity index (χ1n) is 1.78. The van der Waals surface area contributed by atoms with Crippen molar-refractivity contribution in [1.82, 2.24) is 0 Å². The van der Waals surface area contributed by atoms with Crippen LogP contribution >= 0.6 is 0 Å². The van der Waals surface area contributed by atoms with Crippen molar-refractivity contribution in [1.29, 1.82) is 0 Å². The molecular formula is C4H8NaO2. The average Bonchev–Trinajstić information content (AvgIpc) is 1.61. The zero-order valence-electron chi connectivity index (χ0n) is 4.46. The number of rotatable bonds is 2. The van der Waals surface area contributed by atoms with Crippen LogP contribution in [-0.2, 0) is 0 Å². The van der Waals surface area contributed by atoms with Crippen LogP contribution in [0.5, 0.6) is 0 Å². The molecule has 0 unspecified atom stereocenters. The van der Waals surface area contributed by atoms with Crippen molar-refractivity contribution in [3.05, 3.63) is 12.2 Å². The van der Waals surface area contributed by atoms with Crippen LogP contribution in [0.4, 0.5) is 0 Å². The summed E-state index contributed by atoms with van der Waals surface area (Å²) in [6, 6.07) is 0. The minimum absolute atomic E-state index is 0. The Morgan fingerprint density at radius 3 is 1.43 bits per heavy atom. The average molecular weight is 111 g/mol. The molecule has 0 saturated carbocycles. The Bertz CT molecular complexity index is 39.0. The predicted octanol–water partition coefficient (Wildman–Crippen LogP) is -0.854. The molecule has 3 heteroatoms. The fourth-order valence-corrected chi connectivity index (χ4v) is 0.149. The first kappa shape index (κ1) is 10.6. The number of aliphatic hydroxyl groups is 2. The van der Waals surface area contributed by atoms with Gasteiger partial charge in [-0.05, 0) is 0 Å². The van der Waals surface area contributed by atoms with Gasteiger partial charge in [-0.15, -0.1) is 0 Å². The van der Waals surface area contributed by atoms with Gasteiger partial charge in [-0.25, -0.2) is 0 Å². The number of hydrogen-bond donors (Lipinski definition) is 2. The van der Waals surface area contributed by atoms with Crippen LogP contribution in [-0.4, -0.2) is 53.0 Å². The van der Waals surface area contributed by atoms with Crippen LogP contribution in [0.3, 0.4) is 0 Å². The van der Waals surface area contributed by atoms with Crippen molar-refractivity contribution in [2.45, 2.75) is 0 Å². The molecule has 2 nitrogen and oxygen atoms in total. The van der Waals surface area contributed by atoms with Crippen molar-refractivity contribution in [3.8, 4) is 0 Å². The zero-order chi connectivity index (χ0) is 4.83. The molecule has 0 aromatic carbocycles. The largest absolute Gasteiger partial charge is 0.392 e. The van der Waals surface area contributed by atoms with E-state index in [1.165, 1.54) is 12.2 Å². The van der Waals surface area contributed by atoms with Gasteiger partial charge < -0.3 is 10.2 Å². The summed E-state index contributed by atoms with van der Waals surface area (Å²) in [6.45, 7) is 0.0289. The molecule has 0 aliphatic rings. The van der Waals surface area contributed by atoms with E-state index in [-0.39, 0.29) is 42.8 Å². The molecular weight excluding hydrogens is 103 g/mol. The van der Waals surface area contributed by atoms with Crippen LogP contribution in [0.2, 0.25) is 0 Å². The maximum atomic E-state index is 8.00. The Kier molecular flexibility index (Phi) is 14.9. The van der Waals surface area contributed by atoms with Gasteiger partial charge in [-0.3, -0.25) is 0 Å². The van der Waals surface area contributed by atoms with E-state index in [1.54, 1.807) is 0 Å². The minimum atomic E-state index is 0. The van der Waals surface area contributed by atoms with Gasteiger partial charge in [0.15, 0.2) is 0 Å².